The quantitative estimate of drug-likeness (QED) is 0.688. The smallest absolute Gasteiger partial charge is 0.326 e. The van der Waals surface area contributed by atoms with E-state index in [0.29, 0.717) is 17.4 Å². The van der Waals surface area contributed by atoms with E-state index < -0.39 is 11.2 Å². The van der Waals surface area contributed by atoms with Gasteiger partial charge in [-0.3, -0.25) is 9.78 Å². The van der Waals surface area contributed by atoms with E-state index in [2.05, 4.69) is 15.3 Å². The molecular weight excluding hydrogens is 273 g/mol. The summed E-state index contributed by atoms with van der Waals surface area (Å²) in [6.07, 6.45) is 0. The van der Waals surface area contributed by atoms with Crippen LogP contribution in [0.2, 0.25) is 0 Å². The van der Waals surface area contributed by atoms with E-state index in [-0.39, 0.29) is 5.82 Å². The van der Waals surface area contributed by atoms with Crippen LogP contribution >= 0.6 is 0 Å². The Morgan fingerprint density at radius 1 is 1.00 bits per heavy atom. The molecule has 3 rings (SSSR count). The minimum atomic E-state index is -0.539. The second-order valence-corrected chi connectivity index (χ2v) is 4.65. The van der Waals surface area contributed by atoms with Gasteiger partial charge in [-0.05, 0) is 35.9 Å². The van der Waals surface area contributed by atoms with E-state index in [1.807, 2.05) is 0 Å². The predicted octanol–water partition coefficient (Wildman–Crippen LogP) is 1.97. The maximum absolute atomic E-state index is 12.8. The van der Waals surface area contributed by atoms with Gasteiger partial charge >= 0.3 is 5.69 Å². The molecule has 3 aromatic rings. The van der Waals surface area contributed by atoms with Crippen LogP contribution in [0.1, 0.15) is 5.56 Å². The molecule has 1 heterocycles. The number of hydrogen-bond acceptors (Lipinski definition) is 3. The second kappa shape index (κ2) is 5.24. The molecule has 0 spiro atoms. The van der Waals surface area contributed by atoms with Gasteiger partial charge in [-0.25, -0.2) is 9.18 Å². The third kappa shape index (κ3) is 2.84. The Balaban J connectivity index is 1.86. The molecule has 1 aromatic heterocycles. The molecule has 0 saturated carbocycles. The van der Waals surface area contributed by atoms with Gasteiger partial charge in [0, 0.05) is 12.2 Å². The van der Waals surface area contributed by atoms with Crippen molar-refractivity contribution in [3.05, 3.63) is 74.7 Å². The molecule has 3 N–H and O–H groups in total. The first-order valence-electron chi connectivity index (χ1n) is 6.36. The molecule has 0 bridgehead atoms. The van der Waals surface area contributed by atoms with Crippen LogP contribution in [0.5, 0.6) is 0 Å². The van der Waals surface area contributed by atoms with Crippen LogP contribution in [0.15, 0.2) is 52.1 Å². The zero-order valence-electron chi connectivity index (χ0n) is 10.9. The number of halogens is 1. The Labute approximate surface area is 118 Å². The van der Waals surface area contributed by atoms with Crippen LogP contribution in [0, 0.1) is 5.82 Å². The van der Waals surface area contributed by atoms with Crippen molar-refractivity contribution >= 4 is 16.6 Å². The molecule has 0 aliphatic heterocycles. The van der Waals surface area contributed by atoms with Crippen LogP contribution in [0.4, 0.5) is 10.1 Å². The van der Waals surface area contributed by atoms with Crippen molar-refractivity contribution in [3.8, 4) is 0 Å². The Kier molecular flexibility index (Phi) is 3.27. The highest BCUT2D eigenvalue weighted by atomic mass is 19.1. The molecule has 0 fully saturated rings. The number of aromatic nitrogens is 2. The SMILES string of the molecule is O=c1[nH]c(=O)c2ccc(NCc3ccc(F)cc3)cc2[nH]1. The first-order chi connectivity index (χ1) is 10.1. The first kappa shape index (κ1) is 13.1. The summed E-state index contributed by atoms with van der Waals surface area (Å²) in [5.74, 6) is -0.277. The van der Waals surface area contributed by atoms with Crippen LogP contribution < -0.4 is 16.6 Å². The maximum atomic E-state index is 12.8. The normalized spacial score (nSPS) is 10.7. The number of aromatic amines is 2. The summed E-state index contributed by atoms with van der Waals surface area (Å²) < 4.78 is 12.8. The van der Waals surface area contributed by atoms with Crippen molar-refractivity contribution in [1.29, 1.82) is 0 Å². The Morgan fingerprint density at radius 3 is 2.52 bits per heavy atom. The average Bonchev–Trinajstić information content (AvgIpc) is 2.46. The number of hydrogen-bond donors (Lipinski definition) is 3. The van der Waals surface area contributed by atoms with Crippen LogP contribution in [0.3, 0.4) is 0 Å². The molecule has 0 saturated heterocycles. The van der Waals surface area contributed by atoms with Gasteiger partial charge in [0.15, 0.2) is 0 Å². The number of nitrogens with one attached hydrogen (secondary N) is 3. The molecule has 0 radical (unpaired) electrons. The van der Waals surface area contributed by atoms with Gasteiger partial charge in [0.05, 0.1) is 10.9 Å². The van der Waals surface area contributed by atoms with E-state index >= 15 is 0 Å². The van der Waals surface area contributed by atoms with Crippen LogP contribution in [-0.2, 0) is 6.54 Å². The van der Waals surface area contributed by atoms with Gasteiger partial charge < -0.3 is 10.3 Å². The predicted molar refractivity (Wildman–Crippen MR) is 78.9 cm³/mol. The van der Waals surface area contributed by atoms with Gasteiger partial charge in [-0.1, -0.05) is 12.1 Å². The summed E-state index contributed by atoms with van der Waals surface area (Å²) in [5.41, 5.74) is 1.19. The number of anilines is 1. The van der Waals surface area contributed by atoms with Crippen LogP contribution in [0.25, 0.3) is 10.9 Å². The summed E-state index contributed by atoms with van der Waals surface area (Å²) in [6.45, 7) is 0.513. The maximum Gasteiger partial charge on any atom is 0.326 e. The van der Waals surface area contributed by atoms with Crippen molar-refractivity contribution in [1.82, 2.24) is 9.97 Å². The van der Waals surface area contributed by atoms with Crippen LogP contribution in [-0.4, -0.2) is 9.97 Å². The summed E-state index contributed by atoms with van der Waals surface area (Å²) >= 11 is 0. The molecule has 0 unspecified atom stereocenters. The average molecular weight is 285 g/mol. The van der Waals surface area contributed by atoms with Gasteiger partial charge in [0.2, 0.25) is 0 Å². The summed E-state index contributed by atoms with van der Waals surface area (Å²) in [7, 11) is 0. The lowest BCUT2D eigenvalue weighted by Gasteiger charge is -2.07. The fourth-order valence-electron chi connectivity index (χ4n) is 2.09. The topological polar surface area (TPSA) is 77.8 Å². The lowest BCUT2D eigenvalue weighted by molar-refractivity contribution is 0.627. The Hall–Kier alpha value is -2.89. The third-order valence-electron chi connectivity index (χ3n) is 3.15. The van der Waals surface area contributed by atoms with Gasteiger partial charge in [0.1, 0.15) is 5.82 Å². The highest BCUT2D eigenvalue weighted by molar-refractivity contribution is 5.80. The summed E-state index contributed by atoms with van der Waals surface area (Å²) in [6, 6.07) is 11.3. The minimum Gasteiger partial charge on any atom is -0.381 e. The Morgan fingerprint density at radius 2 is 1.76 bits per heavy atom. The van der Waals surface area contributed by atoms with Gasteiger partial charge in [-0.2, -0.15) is 0 Å². The summed E-state index contributed by atoms with van der Waals surface area (Å²) in [5, 5.41) is 3.57. The van der Waals surface area contributed by atoms with Crippen molar-refractivity contribution < 1.29 is 4.39 Å². The van der Waals surface area contributed by atoms with E-state index in [0.717, 1.165) is 11.3 Å². The zero-order chi connectivity index (χ0) is 14.8. The molecule has 0 amide bonds. The van der Waals surface area contributed by atoms with Crippen molar-refractivity contribution in [2.75, 3.05) is 5.32 Å². The molecule has 6 heteroatoms. The van der Waals surface area contributed by atoms with E-state index in [9.17, 15) is 14.0 Å². The van der Waals surface area contributed by atoms with Crippen molar-refractivity contribution in [3.63, 3.8) is 0 Å². The molecule has 21 heavy (non-hydrogen) atoms. The van der Waals surface area contributed by atoms with E-state index in [1.165, 1.54) is 12.1 Å². The minimum absolute atomic E-state index is 0.277. The Bertz CT molecular complexity index is 897. The first-order valence-corrected chi connectivity index (χ1v) is 6.36. The molecule has 2 aromatic carbocycles. The molecular formula is C15H12FN3O2. The fourth-order valence-corrected chi connectivity index (χ4v) is 2.09. The third-order valence-corrected chi connectivity index (χ3v) is 3.15. The lowest BCUT2D eigenvalue weighted by atomic mass is 10.2. The highest BCUT2D eigenvalue weighted by Gasteiger charge is 2.02. The number of rotatable bonds is 3. The van der Waals surface area contributed by atoms with Crippen molar-refractivity contribution in [2.24, 2.45) is 0 Å². The standard InChI is InChI=1S/C15H12FN3O2/c16-10-3-1-9(2-4-10)8-17-11-5-6-12-13(7-11)18-15(21)19-14(12)20/h1-7,17H,8H2,(H2,18,19,20,21). The molecule has 0 aliphatic carbocycles. The summed E-state index contributed by atoms with van der Waals surface area (Å²) in [4.78, 5) is 27.6. The van der Waals surface area contributed by atoms with Crippen molar-refractivity contribution in [2.45, 2.75) is 6.54 Å². The molecule has 0 aliphatic rings. The van der Waals surface area contributed by atoms with Gasteiger partial charge in [0.25, 0.3) is 5.56 Å². The second-order valence-electron chi connectivity index (χ2n) is 4.65. The molecule has 5 nitrogen and oxygen atoms in total. The zero-order valence-corrected chi connectivity index (χ0v) is 10.9. The highest BCUT2D eigenvalue weighted by Crippen LogP contribution is 2.14. The van der Waals surface area contributed by atoms with Gasteiger partial charge in [-0.15, -0.1) is 0 Å². The number of fused-ring (bicyclic) bond motifs is 1. The largest absolute Gasteiger partial charge is 0.381 e. The molecule has 0 atom stereocenters. The molecule has 106 valence electrons. The lowest BCUT2D eigenvalue weighted by Crippen LogP contribution is -2.21. The van der Waals surface area contributed by atoms with E-state index in [4.69, 9.17) is 0 Å². The number of H-pyrrole nitrogens is 2. The number of benzene rings is 2. The fraction of sp³-hybridized carbons (Fsp3) is 0.0667. The van der Waals surface area contributed by atoms with E-state index in [1.54, 1.807) is 30.3 Å². The monoisotopic (exact) mass is 285 g/mol.